The van der Waals surface area contributed by atoms with Crippen molar-refractivity contribution < 1.29 is 14.0 Å². The molecule has 1 spiro atoms. The number of carbonyl (C=O) groups is 2. The number of halogens is 1. The van der Waals surface area contributed by atoms with E-state index in [0.29, 0.717) is 35.8 Å². The quantitative estimate of drug-likeness (QED) is 0.339. The molecule has 0 N–H and O–H groups in total. The normalized spacial score (nSPS) is 18.2. The van der Waals surface area contributed by atoms with Crippen LogP contribution in [0.15, 0.2) is 75.9 Å². The average Bonchev–Trinajstić information content (AvgIpc) is 3.28. The van der Waals surface area contributed by atoms with E-state index < -0.39 is 16.9 Å². The third kappa shape index (κ3) is 3.28. The summed E-state index contributed by atoms with van der Waals surface area (Å²) in [4.78, 5) is 45.9. The van der Waals surface area contributed by atoms with Crippen LogP contribution in [-0.2, 0) is 16.9 Å². The molecule has 0 fully saturated rings. The Morgan fingerprint density at radius 1 is 0.973 bits per heavy atom. The van der Waals surface area contributed by atoms with E-state index in [-0.39, 0.29) is 28.2 Å². The van der Waals surface area contributed by atoms with Crippen LogP contribution in [0.4, 0.5) is 5.69 Å². The number of anilines is 1. The third-order valence-corrected chi connectivity index (χ3v) is 7.59. The van der Waals surface area contributed by atoms with E-state index in [1.165, 1.54) is 6.07 Å². The molecule has 3 aromatic carbocycles. The van der Waals surface area contributed by atoms with Crippen molar-refractivity contribution in [3.8, 4) is 0 Å². The zero-order valence-corrected chi connectivity index (χ0v) is 21.3. The number of benzene rings is 3. The molecule has 1 unspecified atom stereocenters. The minimum atomic E-state index is -1.60. The molecule has 6 rings (SSSR count). The van der Waals surface area contributed by atoms with Crippen molar-refractivity contribution in [1.29, 1.82) is 0 Å². The van der Waals surface area contributed by atoms with E-state index in [1.807, 2.05) is 62.4 Å². The molecular weight excluding hydrogens is 488 g/mol. The van der Waals surface area contributed by atoms with Crippen LogP contribution in [0.2, 0.25) is 5.02 Å². The van der Waals surface area contributed by atoms with Gasteiger partial charge in [0.1, 0.15) is 5.58 Å². The molecule has 0 radical (unpaired) electrons. The van der Waals surface area contributed by atoms with Crippen LogP contribution in [0.1, 0.15) is 52.6 Å². The Balaban J connectivity index is 1.65. The summed E-state index contributed by atoms with van der Waals surface area (Å²) in [6.45, 7) is 4.66. The Labute approximate surface area is 219 Å². The Morgan fingerprint density at radius 2 is 1.78 bits per heavy atom. The number of hydrogen-bond donors (Lipinski definition) is 0. The van der Waals surface area contributed by atoms with Crippen molar-refractivity contribution in [2.75, 3.05) is 11.4 Å². The van der Waals surface area contributed by atoms with Crippen molar-refractivity contribution in [2.24, 2.45) is 0 Å². The second-order valence-electron chi connectivity index (χ2n) is 9.69. The Bertz CT molecular complexity index is 1660. The molecular formula is C30H25ClN2O4. The smallest absolute Gasteiger partial charge is 0.291 e. The average molecular weight is 513 g/mol. The summed E-state index contributed by atoms with van der Waals surface area (Å²) in [6, 6.07) is 20.1. The number of nitrogens with zero attached hydrogens (tertiary/aromatic N) is 2. The van der Waals surface area contributed by atoms with Gasteiger partial charge in [0.25, 0.3) is 11.8 Å². The van der Waals surface area contributed by atoms with Gasteiger partial charge in [-0.1, -0.05) is 73.0 Å². The summed E-state index contributed by atoms with van der Waals surface area (Å²) in [5, 5.41) is 0.623. The lowest BCUT2D eigenvalue weighted by Gasteiger charge is -2.34. The lowest BCUT2D eigenvalue weighted by molar-refractivity contribution is -0.126. The molecule has 6 nitrogen and oxygen atoms in total. The van der Waals surface area contributed by atoms with Gasteiger partial charge in [0.15, 0.2) is 11.0 Å². The maximum absolute atomic E-state index is 14.6. The Hall–Kier alpha value is -3.90. The maximum atomic E-state index is 14.6. The Kier molecular flexibility index (Phi) is 5.46. The summed E-state index contributed by atoms with van der Waals surface area (Å²) in [5.41, 5.74) is 1.68. The van der Waals surface area contributed by atoms with Crippen LogP contribution in [0, 0.1) is 6.92 Å². The van der Waals surface area contributed by atoms with E-state index in [9.17, 15) is 14.4 Å². The number of aryl methyl sites for hydroxylation is 1. The van der Waals surface area contributed by atoms with Crippen LogP contribution in [0.3, 0.4) is 0 Å². The first-order valence-corrected chi connectivity index (χ1v) is 12.8. The van der Waals surface area contributed by atoms with Crippen molar-refractivity contribution in [3.05, 3.63) is 110 Å². The maximum Gasteiger partial charge on any atom is 0.291 e. The number of hydrogen-bond acceptors (Lipinski definition) is 4. The molecule has 0 saturated carbocycles. The second kappa shape index (κ2) is 8.60. The summed E-state index contributed by atoms with van der Waals surface area (Å²) in [6.07, 6.45) is 1.49. The van der Waals surface area contributed by atoms with Crippen LogP contribution in [0.5, 0.6) is 0 Å². The van der Waals surface area contributed by atoms with Crippen molar-refractivity contribution in [2.45, 2.75) is 38.8 Å². The van der Waals surface area contributed by atoms with Gasteiger partial charge in [-0.25, -0.2) is 0 Å². The summed E-state index contributed by atoms with van der Waals surface area (Å²) < 4.78 is 6.06. The summed E-state index contributed by atoms with van der Waals surface area (Å²) in [7, 11) is 0. The predicted octanol–water partition coefficient (Wildman–Crippen LogP) is 5.80. The molecule has 0 bridgehead atoms. The van der Waals surface area contributed by atoms with E-state index in [1.54, 1.807) is 21.9 Å². The van der Waals surface area contributed by atoms with Gasteiger partial charge in [0.05, 0.1) is 23.2 Å². The minimum Gasteiger partial charge on any atom is -0.450 e. The van der Waals surface area contributed by atoms with E-state index >= 15 is 0 Å². The Morgan fingerprint density at radius 3 is 2.57 bits per heavy atom. The number of para-hydroxylation sites is 1. The molecule has 4 aromatic rings. The highest BCUT2D eigenvalue weighted by molar-refractivity contribution is 6.31. The second-order valence-corrected chi connectivity index (χ2v) is 10.1. The van der Waals surface area contributed by atoms with Crippen LogP contribution < -0.4 is 10.3 Å². The number of amides is 2. The van der Waals surface area contributed by atoms with Crippen molar-refractivity contribution >= 4 is 40.1 Å². The highest BCUT2D eigenvalue weighted by Gasteiger charge is 2.64. The zero-order valence-electron chi connectivity index (χ0n) is 20.6. The van der Waals surface area contributed by atoms with Crippen molar-refractivity contribution in [3.63, 3.8) is 0 Å². The van der Waals surface area contributed by atoms with Gasteiger partial charge in [-0.05, 0) is 43.2 Å². The first-order valence-electron chi connectivity index (χ1n) is 12.4. The number of carbonyl (C=O) groups excluding carboxylic acids is 2. The largest absolute Gasteiger partial charge is 0.450 e. The molecule has 186 valence electrons. The van der Waals surface area contributed by atoms with E-state index in [4.69, 9.17) is 16.0 Å². The molecule has 2 aliphatic rings. The molecule has 37 heavy (non-hydrogen) atoms. The fraction of sp³-hybridized carbons (Fsp3) is 0.233. The van der Waals surface area contributed by atoms with Gasteiger partial charge in [0, 0.05) is 17.1 Å². The first-order chi connectivity index (χ1) is 17.9. The number of unbranched alkanes of at least 4 members (excludes halogenated alkanes) is 1. The SMILES string of the molecule is CCCCN1C(=O)c2oc3ccc(Cl)cc3c(=O)c2C12C(=O)N(Cc1cccc(C)c1)c1ccccc12. The lowest BCUT2D eigenvalue weighted by atomic mass is 9.84. The third-order valence-electron chi connectivity index (χ3n) is 7.36. The minimum absolute atomic E-state index is 0.0727. The monoisotopic (exact) mass is 512 g/mol. The van der Waals surface area contributed by atoms with Gasteiger partial charge in [0.2, 0.25) is 5.76 Å². The topological polar surface area (TPSA) is 70.8 Å². The number of rotatable bonds is 5. The summed E-state index contributed by atoms with van der Waals surface area (Å²) >= 11 is 6.22. The van der Waals surface area contributed by atoms with Gasteiger partial charge in [-0.2, -0.15) is 0 Å². The lowest BCUT2D eigenvalue weighted by Crippen LogP contribution is -2.53. The molecule has 2 amide bonds. The molecule has 3 heterocycles. The summed E-state index contributed by atoms with van der Waals surface area (Å²) in [5.74, 6) is -0.846. The molecule has 2 aliphatic heterocycles. The van der Waals surface area contributed by atoms with E-state index in [0.717, 1.165) is 17.5 Å². The molecule has 0 aliphatic carbocycles. The van der Waals surface area contributed by atoms with E-state index in [2.05, 4.69) is 0 Å². The molecule has 1 atom stereocenters. The predicted molar refractivity (Wildman–Crippen MR) is 143 cm³/mol. The van der Waals surface area contributed by atoms with Crippen LogP contribution in [-0.4, -0.2) is 23.3 Å². The fourth-order valence-electron chi connectivity index (χ4n) is 5.73. The van der Waals surface area contributed by atoms with Gasteiger partial charge in [-0.3, -0.25) is 14.4 Å². The molecule has 0 saturated heterocycles. The highest BCUT2D eigenvalue weighted by Crippen LogP contribution is 2.53. The van der Waals surface area contributed by atoms with Gasteiger partial charge < -0.3 is 14.2 Å². The van der Waals surface area contributed by atoms with Gasteiger partial charge >= 0.3 is 0 Å². The fourth-order valence-corrected chi connectivity index (χ4v) is 5.90. The van der Waals surface area contributed by atoms with Gasteiger partial charge in [-0.15, -0.1) is 0 Å². The standard InChI is InChI=1S/C30H25ClN2O4/c1-3-4-14-33-28(35)27-25(26(34)21-16-20(31)12-13-24(21)37-27)30(33)22-10-5-6-11-23(22)32(29(30)36)17-19-9-7-8-18(2)15-19/h5-13,15-16H,3-4,14,17H2,1-2H3. The highest BCUT2D eigenvalue weighted by atomic mass is 35.5. The zero-order chi connectivity index (χ0) is 25.9. The van der Waals surface area contributed by atoms with Crippen LogP contribution >= 0.6 is 11.6 Å². The first kappa shape index (κ1) is 23.5. The van der Waals surface area contributed by atoms with Crippen molar-refractivity contribution in [1.82, 2.24) is 4.90 Å². The van der Waals surface area contributed by atoms with Crippen LogP contribution in [0.25, 0.3) is 11.0 Å². The molecule has 1 aromatic heterocycles. The number of fused-ring (bicyclic) bond motifs is 5. The molecule has 7 heteroatoms.